The fraction of sp³-hybridized carbons (Fsp3) is 0.462. The molecule has 0 radical (unpaired) electrons. The highest BCUT2D eigenvalue weighted by atomic mass is 16.5. The van der Waals surface area contributed by atoms with Crippen LogP contribution >= 0.6 is 0 Å². The van der Waals surface area contributed by atoms with Crippen LogP contribution in [0, 0.1) is 5.92 Å². The van der Waals surface area contributed by atoms with Crippen LogP contribution in [0.4, 0.5) is 0 Å². The van der Waals surface area contributed by atoms with Crippen molar-refractivity contribution in [3.8, 4) is 5.75 Å². The number of hydrogen-bond acceptors (Lipinski definition) is 5. The van der Waals surface area contributed by atoms with Crippen molar-refractivity contribution in [3.05, 3.63) is 63.6 Å². The van der Waals surface area contributed by atoms with Gasteiger partial charge in [0, 0.05) is 31.0 Å². The Morgan fingerprint density at radius 3 is 2.54 bits per heavy atom. The van der Waals surface area contributed by atoms with Gasteiger partial charge in [-0.2, -0.15) is 0 Å². The minimum Gasteiger partial charge on any atom is -0.496 e. The molecule has 35 heavy (non-hydrogen) atoms. The van der Waals surface area contributed by atoms with Gasteiger partial charge in [-0.05, 0) is 37.7 Å². The van der Waals surface area contributed by atoms with Gasteiger partial charge < -0.3 is 25.3 Å². The van der Waals surface area contributed by atoms with Crippen LogP contribution in [-0.2, 0) is 11.3 Å². The SMILES string of the molecule is COc1ccccc1Cn1cc(C(=O)NCCC(C)C)c(=O)c(C(=O)N[C@H]2CCCCNC2=O)c1. The number of carbonyl (C=O) groups excluding carboxylic acids is 3. The molecule has 0 bridgehead atoms. The number of carbonyl (C=O) groups is 3. The molecule has 2 aromatic rings. The summed E-state index contributed by atoms with van der Waals surface area (Å²) in [7, 11) is 1.56. The first-order valence-corrected chi connectivity index (χ1v) is 12.0. The molecule has 0 aliphatic carbocycles. The summed E-state index contributed by atoms with van der Waals surface area (Å²) in [6.07, 6.45) is 5.73. The van der Waals surface area contributed by atoms with Gasteiger partial charge in [0.1, 0.15) is 22.9 Å². The molecular weight excluding hydrogens is 448 g/mol. The van der Waals surface area contributed by atoms with E-state index in [1.807, 2.05) is 38.1 Å². The summed E-state index contributed by atoms with van der Waals surface area (Å²) in [5.41, 5.74) is -0.163. The first-order valence-electron chi connectivity index (χ1n) is 12.0. The number of nitrogens with one attached hydrogen (secondary N) is 3. The zero-order valence-electron chi connectivity index (χ0n) is 20.6. The fourth-order valence-corrected chi connectivity index (χ4v) is 3.96. The number of aromatic nitrogens is 1. The van der Waals surface area contributed by atoms with Crippen molar-refractivity contribution in [2.24, 2.45) is 5.92 Å². The summed E-state index contributed by atoms with van der Waals surface area (Å²) >= 11 is 0. The van der Waals surface area contributed by atoms with E-state index in [0.717, 1.165) is 24.8 Å². The zero-order valence-corrected chi connectivity index (χ0v) is 20.6. The van der Waals surface area contributed by atoms with Gasteiger partial charge in [-0.25, -0.2) is 0 Å². The Morgan fingerprint density at radius 2 is 1.83 bits per heavy atom. The van der Waals surface area contributed by atoms with Crippen molar-refractivity contribution in [2.75, 3.05) is 20.2 Å². The van der Waals surface area contributed by atoms with Crippen LogP contribution in [0.1, 0.15) is 65.8 Å². The number of para-hydroxylation sites is 1. The summed E-state index contributed by atoms with van der Waals surface area (Å²) in [6, 6.07) is 6.66. The van der Waals surface area contributed by atoms with E-state index in [0.29, 0.717) is 31.2 Å². The Bertz CT molecular complexity index is 1120. The Balaban J connectivity index is 1.95. The van der Waals surface area contributed by atoms with E-state index in [4.69, 9.17) is 4.74 Å². The number of rotatable bonds is 9. The molecular formula is C26H34N4O5. The summed E-state index contributed by atoms with van der Waals surface area (Å²) < 4.78 is 7.04. The number of benzene rings is 1. The molecule has 1 aromatic heterocycles. The Labute approximate surface area is 205 Å². The zero-order chi connectivity index (χ0) is 25.4. The van der Waals surface area contributed by atoms with Gasteiger partial charge in [0.2, 0.25) is 11.3 Å². The van der Waals surface area contributed by atoms with Gasteiger partial charge >= 0.3 is 0 Å². The molecule has 3 N–H and O–H groups in total. The normalized spacial score (nSPS) is 15.8. The second-order valence-electron chi connectivity index (χ2n) is 9.15. The highest BCUT2D eigenvalue weighted by molar-refractivity contribution is 6.00. The maximum atomic E-state index is 13.2. The number of hydrogen-bond donors (Lipinski definition) is 3. The second-order valence-corrected chi connectivity index (χ2v) is 9.15. The van der Waals surface area contributed by atoms with E-state index in [2.05, 4.69) is 16.0 Å². The first-order chi connectivity index (χ1) is 16.8. The molecule has 9 nitrogen and oxygen atoms in total. The second kappa shape index (κ2) is 12.2. The van der Waals surface area contributed by atoms with Crippen molar-refractivity contribution >= 4 is 17.7 Å². The van der Waals surface area contributed by atoms with E-state index in [1.54, 1.807) is 11.7 Å². The van der Waals surface area contributed by atoms with Crippen molar-refractivity contribution in [1.82, 2.24) is 20.5 Å². The van der Waals surface area contributed by atoms with Crippen LogP contribution in [0.15, 0.2) is 41.5 Å². The third-order valence-corrected chi connectivity index (χ3v) is 5.96. The predicted molar refractivity (Wildman–Crippen MR) is 133 cm³/mol. The van der Waals surface area contributed by atoms with Crippen molar-refractivity contribution < 1.29 is 19.1 Å². The summed E-state index contributed by atoms with van der Waals surface area (Å²) in [4.78, 5) is 51.5. The van der Waals surface area contributed by atoms with E-state index in [-0.39, 0.29) is 23.6 Å². The maximum Gasteiger partial charge on any atom is 0.257 e. The van der Waals surface area contributed by atoms with Crippen LogP contribution in [0.25, 0.3) is 0 Å². The average molecular weight is 483 g/mol. The molecule has 1 saturated heterocycles. The van der Waals surface area contributed by atoms with Gasteiger partial charge in [-0.3, -0.25) is 19.2 Å². The van der Waals surface area contributed by atoms with Crippen LogP contribution in [0.2, 0.25) is 0 Å². The predicted octanol–water partition coefficient (Wildman–Crippen LogP) is 2.08. The maximum absolute atomic E-state index is 13.2. The first kappa shape index (κ1) is 26.0. The van der Waals surface area contributed by atoms with Crippen LogP contribution in [-0.4, -0.2) is 48.5 Å². The summed E-state index contributed by atoms with van der Waals surface area (Å²) in [5, 5.41) is 8.23. The average Bonchev–Trinajstić information content (AvgIpc) is 3.03. The molecule has 0 spiro atoms. The minimum absolute atomic E-state index is 0.123. The Hall–Kier alpha value is -3.62. The van der Waals surface area contributed by atoms with Gasteiger partial charge in [-0.15, -0.1) is 0 Å². The molecule has 1 aromatic carbocycles. The lowest BCUT2D eigenvalue weighted by Gasteiger charge is -2.17. The largest absolute Gasteiger partial charge is 0.496 e. The van der Waals surface area contributed by atoms with E-state index < -0.39 is 23.3 Å². The lowest BCUT2D eigenvalue weighted by Crippen LogP contribution is -2.47. The highest BCUT2D eigenvalue weighted by Gasteiger charge is 2.26. The van der Waals surface area contributed by atoms with Gasteiger partial charge in [-0.1, -0.05) is 32.0 Å². The number of methoxy groups -OCH3 is 1. The molecule has 1 aliphatic heterocycles. The third-order valence-electron chi connectivity index (χ3n) is 5.96. The van der Waals surface area contributed by atoms with Crippen molar-refractivity contribution in [3.63, 3.8) is 0 Å². The van der Waals surface area contributed by atoms with Crippen molar-refractivity contribution in [2.45, 2.75) is 52.1 Å². The molecule has 1 aliphatic rings. The van der Waals surface area contributed by atoms with Crippen LogP contribution in [0.5, 0.6) is 5.75 Å². The molecule has 0 saturated carbocycles. The molecule has 1 fully saturated rings. The van der Waals surface area contributed by atoms with Crippen LogP contribution in [0.3, 0.4) is 0 Å². The number of nitrogens with zero attached hydrogens (tertiary/aromatic N) is 1. The molecule has 3 amide bonds. The summed E-state index contributed by atoms with van der Waals surface area (Å²) in [6.45, 7) is 5.34. The monoisotopic (exact) mass is 482 g/mol. The van der Waals surface area contributed by atoms with E-state index in [9.17, 15) is 19.2 Å². The molecule has 188 valence electrons. The Kier molecular flexibility index (Phi) is 9.05. The molecule has 2 heterocycles. The topological polar surface area (TPSA) is 119 Å². The fourth-order valence-electron chi connectivity index (χ4n) is 3.96. The lowest BCUT2D eigenvalue weighted by atomic mass is 10.1. The highest BCUT2D eigenvalue weighted by Crippen LogP contribution is 2.19. The van der Waals surface area contributed by atoms with E-state index in [1.165, 1.54) is 12.4 Å². The smallest absolute Gasteiger partial charge is 0.257 e. The van der Waals surface area contributed by atoms with Crippen LogP contribution < -0.4 is 26.1 Å². The molecule has 0 unspecified atom stereocenters. The van der Waals surface area contributed by atoms with Gasteiger partial charge in [0.25, 0.3) is 11.8 Å². The molecule has 1 atom stereocenters. The number of ether oxygens (including phenoxy) is 1. The number of amides is 3. The third kappa shape index (κ3) is 6.94. The van der Waals surface area contributed by atoms with Gasteiger partial charge in [0.15, 0.2) is 0 Å². The number of pyridine rings is 1. The molecule has 9 heteroatoms. The van der Waals surface area contributed by atoms with E-state index >= 15 is 0 Å². The standard InChI is InChI=1S/C26H34N4O5/c1-17(2)11-13-28-24(32)19-15-30(14-18-8-4-5-10-22(18)35-3)16-20(23(19)31)25(33)29-21-9-6-7-12-27-26(21)34/h4-5,8,10,15-17,21H,6-7,9,11-14H2,1-3H3,(H,27,34)(H,28,32)(H,29,33)/t21-/m0/s1. The Morgan fingerprint density at radius 1 is 1.11 bits per heavy atom. The molecule has 3 rings (SSSR count). The summed E-state index contributed by atoms with van der Waals surface area (Å²) in [5.74, 6) is -0.447. The quantitative estimate of drug-likeness (QED) is 0.506. The minimum atomic E-state index is -0.726. The lowest BCUT2D eigenvalue weighted by molar-refractivity contribution is -0.122. The van der Waals surface area contributed by atoms with Gasteiger partial charge in [0.05, 0.1) is 13.7 Å². The van der Waals surface area contributed by atoms with Crippen molar-refractivity contribution in [1.29, 1.82) is 0 Å².